The monoisotopic (exact) mass is 436 g/mol. The van der Waals surface area contributed by atoms with E-state index in [1.165, 1.54) is 0 Å². The molecule has 1 N–H and O–H groups in total. The molecule has 0 aromatic heterocycles. The molecule has 0 aliphatic carbocycles. The van der Waals surface area contributed by atoms with Crippen LogP contribution in [0.15, 0.2) is 34.2 Å². The van der Waals surface area contributed by atoms with Crippen molar-refractivity contribution in [3.05, 3.63) is 29.8 Å². The quantitative estimate of drug-likeness (QED) is 0.501. The minimum Gasteiger partial charge on any atom is -0.355 e. The molecule has 0 saturated carbocycles. The van der Waals surface area contributed by atoms with Crippen molar-refractivity contribution in [2.24, 2.45) is 10.9 Å². The molecule has 0 radical (unpaired) electrons. The van der Waals surface area contributed by atoms with Gasteiger partial charge in [0.1, 0.15) is 0 Å². The zero-order valence-electron chi connectivity index (χ0n) is 19.6. The second-order valence-electron chi connectivity index (χ2n) is 9.15. The Balaban J connectivity index is 1.88. The van der Waals surface area contributed by atoms with Gasteiger partial charge in [0.05, 0.1) is 10.6 Å². The van der Waals surface area contributed by atoms with E-state index in [2.05, 4.69) is 54.7 Å². The zero-order chi connectivity index (χ0) is 22.4. The highest BCUT2D eigenvalue weighted by Gasteiger charge is 2.26. The third-order valence-corrected chi connectivity index (χ3v) is 7.67. The molecule has 1 aromatic carbocycles. The number of nitrogens with zero attached hydrogens (tertiary/aromatic N) is 3. The molecule has 1 atom stereocenters. The lowest BCUT2D eigenvalue weighted by Gasteiger charge is -2.24. The van der Waals surface area contributed by atoms with E-state index in [0.717, 1.165) is 50.7 Å². The fourth-order valence-electron chi connectivity index (χ4n) is 3.93. The van der Waals surface area contributed by atoms with E-state index in [-0.39, 0.29) is 11.2 Å². The second kappa shape index (κ2) is 10.6. The Morgan fingerprint density at radius 3 is 2.37 bits per heavy atom. The topological polar surface area (TPSA) is 65.0 Å². The average molecular weight is 437 g/mol. The first-order valence-electron chi connectivity index (χ1n) is 11.1. The normalized spacial score (nSPS) is 18.3. The maximum absolute atomic E-state index is 12.7. The lowest BCUT2D eigenvalue weighted by molar-refractivity contribution is 0.255. The van der Waals surface area contributed by atoms with Crippen molar-refractivity contribution in [3.8, 4) is 0 Å². The Hall–Kier alpha value is -1.60. The number of aliphatic imine (C=N–C) groups is 1. The molecule has 1 aromatic rings. The van der Waals surface area contributed by atoms with E-state index >= 15 is 0 Å². The van der Waals surface area contributed by atoms with Crippen molar-refractivity contribution in [1.29, 1.82) is 0 Å². The molecule has 2 rings (SSSR count). The molecule has 1 aliphatic heterocycles. The van der Waals surface area contributed by atoms with Crippen molar-refractivity contribution >= 4 is 15.8 Å². The van der Waals surface area contributed by atoms with Crippen LogP contribution in [0, 0.1) is 5.92 Å². The van der Waals surface area contributed by atoms with E-state index in [1.807, 2.05) is 12.1 Å². The van der Waals surface area contributed by atoms with Crippen molar-refractivity contribution in [2.75, 3.05) is 52.1 Å². The highest BCUT2D eigenvalue weighted by atomic mass is 32.2. The van der Waals surface area contributed by atoms with E-state index in [1.54, 1.807) is 19.2 Å². The van der Waals surface area contributed by atoms with Gasteiger partial charge in [0.25, 0.3) is 0 Å². The minimum absolute atomic E-state index is 0.00914. The number of benzene rings is 1. The van der Waals surface area contributed by atoms with Gasteiger partial charge in [0.2, 0.25) is 0 Å². The van der Waals surface area contributed by atoms with Crippen LogP contribution in [0.3, 0.4) is 0 Å². The maximum atomic E-state index is 12.7. The predicted molar refractivity (Wildman–Crippen MR) is 126 cm³/mol. The van der Waals surface area contributed by atoms with Crippen LogP contribution in [0.1, 0.15) is 46.6 Å². The number of hydrogen-bond donors (Lipinski definition) is 1. The SMILES string of the molecule is CCN(CC)CC1CCN(C(=NC)NCCS(=O)(=O)c2ccc(C(C)(C)C)cc2)C1. The lowest BCUT2D eigenvalue weighted by atomic mass is 9.87. The summed E-state index contributed by atoms with van der Waals surface area (Å²) in [6.07, 6.45) is 1.15. The Kier molecular flexibility index (Phi) is 8.73. The number of likely N-dealkylation sites (tertiary alicyclic amines) is 1. The second-order valence-corrected chi connectivity index (χ2v) is 11.3. The summed E-state index contributed by atoms with van der Waals surface area (Å²) in [5.74, 6) is 1.49. The zero-order valence-corrected chi connectivity index (χ0v) is 20.4. The first-order valence-corrected chi connectivity index (χ1v) is 12.8. The van der Waals surface area contributed by atoms with E-state index in [9.17, 15) is 8.42 Å². The fraction of sp³-hybridized carbons (Fsp3) is 0.696. The van der Waals surface area contributed by atoms with Crippen molar-refractivity contribution in [3.63, 3.8) is 0 Å². The first kappa shape index (κ1) is 24.7. The molecule has 170 valence electrons. The minimum atomic E-state index is -3.33. The third-order valence-electron chi connectivity index (χ3n) is 5.94. The Bertz CT molecular complexity index is 793. The summed E-state index contributed by atoms with van der Waals surface area (Å²) in [5.41, 5.74) is 1.14. The summed E-state index contributed by atoms with van der Waals surface area (Å²) >= 11 is 0. The van der Waals surface area contributed by atoms with Gasteiger partial charge in [-0.1, -0.05) is 46.8 Å². The third kappa shape index (κ3) is 6.71. The van der Waals surface area contributed by atoms with Crippen LogP contribution < -0.4 is 5.32 Å². The molecule has 1 aliphatic rings. The number of nitrogens with one attached hydrogen (secondary N) is 1. The number of guanidine groups is 1. The van der Waals surface area contributed by atoms with Crippen LogP contribution in [0.5, 0.6) is 0 Å². The molecule has 0 amide bonds. The molecular formula is C23H40N4O2S. The summed E-state index contributed by atoms with van der Waals surface area (Å²) in [6.45, 7) is 16.3. The van der Waals surface area contributed by atoms with E-state index in [0.29, 0.717) is 17.4 Å². The van der Waals surface area contributed by atoms with Crippen molar-refractivity contribution in [1.82, 2.24) is 15.1 Å². The Labute approximate surface area is 183 Å². The van der Waals surface area contributed by atoms with Gasteiger partial charge in [-0.15, -0.1) is 0 Å². The van der Waals surface area contributed by atoms with Gasteiger partial charge in [0.15, 0.2) is 15.8 Å². The molecular weight excluding hydrogens is 396 g/mol. The lowest BCUT2D eigenvalue weighted by Crippen LogP contribution is -2.42. The van der Waals surface area contributed by atoms with Gasteiger partial charge in [-0.05, 0) is 48.5 Å². The Morgan fingerprint density at radius 2 is 1.83 bits per heavy atom. The van der Waals surface area contributed by atoms with Crippen LogP contribution in [0.2, 0.25) is 0 Å². The van der Waals surface area contributed by atoms with Gasteiger partial charge in [-0.3, -0.25) is 4.99 Å². The van der Waals surface area contributed by atoms with E-state index < -0.39 is 9.84 Å². The molecule has 30 heavy (non-hydrogen) atoms. The van der Waals surface area contributed by atoms with Crippen LogP contribution in [-0.2, 0) is 15.3 Å². The average Bonchev–Trinajstić information content (AvgIpc) is 3.17. The maximum Gasteiger partial charge on any atom is 0.193 e. The summed E-state index contributed by atoms with van der Waals surface area (Å²) in [6, 6.07) is 7.28. The molecule has 0 bridgehead atoms. The van der Waals surface area contributed by atoms with Crippen molar-refractivity contribution in [2.45, 2.75) is 51.3 Å². The largest absolute Gasteiger partial charge is 0.355 e. The predicted octanol–water partition coefficient (Wildman–Crippen LogP) is 3.00. The highest BCUT2D eigenvalue weighted by Crippen LogP contribution is 2.23. The van der Waals surface area contributed by atoms with Gasteiger partial charge >= 0.3 is 0 Å². The summed E-state index contributed by atoms with van der Waals surface area (Å²) in [4.78, 5) is 9.47. The molecule has 7 heteroatoms. The van der Waals surface area contributed by atoms with Gasteiger partial charge in [-0.2, -0.15) is 0 Å². The van der Waals surface area contributed by atoms with Crippen LogP contribution in [0.4, 0.5) is 0 Å². The van der Waals surface area contributed by atoms with Crippen LogP contribution in [-0.4, -0.2) is 76.2 Å². The number of rotatable bonds is 8. The first-order chi connectivity index (χ1) is 14.1. The van der Waals surface area contributed by atoms with Gasteiger partial charge < -0.3 is 15.1 Å². The standard InChI is InChI=1S/C23H40N4O2S/c1-7-26(8-2)17-19-13-15-27(18-19)22(24-6)25-14-16-30(28,29)21-11-9-20(10-12-21)23(3,4)5/h9-12,19H,7-8,13-18H2,1-6H3,(H,24,25). The smallest absolute Gasteiger partial charge is 0.193 e. The molecule has 1 fully saturated rings. The molecule has 6 nitrogen and oxygen atoms in total. The molecule has 0 spiro atoms. The summed E-state index contributed by atoms with van der Waals surface area (Å²) in [5, 5.41) is 3.26. The van der Waals surface area contributed by atoms with Crippen LogP contribution in [0.25, 0.3) is 0 Å². The number of sulfone groups is 1. The molecule has 1 heterocycles. The van der Waals surface area contributed by atoms with Crippen molar-refractivity contribution < 1.29 is 8.42 Å². The number of hydrogen-bond acceptors (Lipinski definition) is 4. The molecule has 1 saturated heterocycles. The Morgan fingerprint density at radius 1 is 1.20 bits per heavy atom. The van der Waals surface area contributed by atoms with Gasteiger partial charge in [0, 0.05) is 33.2 Å². The van der Waals surface area contributed by atoms with E-state index in [4.69, 9.17) is 0 Å². The summed E-state index contributed by atoms with van der Waals surface area (Å²) in [7, 11) is -1.56. The van der Waals surface area contributed by atoms with Crippen LogP contribution >= 0.6 is 0 Å². The van der Waals surface area contributed by atoms with Gasteiger partial charge in [-0.25, -0.2) is 8.42 Å². The highest BCUT2D eigenvalue weighted by molar-refractivity contribution is 7.91. The fourth-order valence-corrected chi connectivity index (χ4v) is 5.09. The summed E-state index contributed by atoms with van der Waals surface area (Å²) < 4.78 is 25.4. The molecule has 1 unspecified atom stereocenters.